The fourth-order valence-electron chi connectivity index (χ4n) is 1.63. The molecule has 1 N–H and O–H groups in total. The third-order valence-electron chi connectivity index (χ3n) is 2.83. The van der Waals surface area contributed by atoms with E-state index in [9.17, 15) is 4.79 Å². The summed E-state index contributed by atoms with van der Waals surface area (Å²) in [4.78, 5) is 13.0. The Balaban J connectivity index is 2.14. The third-order valence-corrected chi connectivity index (χ3v) is 2.83. The lowest BCUT2D eigenvalue weighted by atomic mass is 10.2. The normalized spacial score (nSPS) is 10.3. The first kappa shape index (κ1) is 15.5. The van der Waals surface area contributed by atoms with Crippen LogP contribution in [0.25, 0.3) is 0 Å². The van der Waals surface area contributed by atoms with Crippen LogP contribution in [0.4, 0.5) is 5.69 Å². The molecule has 4 nitrogen and oxygen atoms in total. The summed E-state index contributed by atoms with van der Waals surface area (Å²) in [6.45, 7) is 4.00. The molecule has 0 radical (unpaired) electrons. The van der Waals surface area contributed by atoms with Crippen LogP contribution in [0.2, 0.25) is 0 Å². The van der Waals surface area contributed by atoms with Crippen LogP contribution in [-0.4, -0.2) is 33.2 Å². The highest BCUT2D eigenvalue weighted by Crippen LogP contribution is 2.11. The van der Waals surface area contributed by atoms with Crippen molar-refractivity contribution in [3.8, 4) is 0 Å². The van der Waals surface area contributed by atoms with Gasteiger partial charge in [-0.25, -0.2) is 0 Å². The van der Waals surface area contributed by atoms with Crippen LogP contribution in [0, 0.1) is 0 Å². The lowest BCUT2D eigenvalue weighted by molar-refractivity contribution is -0.143. The minimum atomic E-state index is -0.126. The van der Waals surface area contributed by atoms with E-state index in [0.717, 1.165) is 19.5 Å². The van der Waals surface area contributed by atoms with E-state index in [2.05, 4.69) is 34.5 Å². The van der Waals surface area contributed by atoms with Crippen LogP contribution >= 0.6 is 0 Å². The Hall–Kier alpha value is -1.55. The Morgan fingerprint density at radius 2 is 1.95 bits per heavy atom. The Morgan fingerprint density at radius 3 is 2.53 bits per heavy atom. The zero-order valence-electron chi connectivity index (χ0n) is 12.1. The van der Waals surface area contributed by atoms with Gasteiger partial charge in [0.25, 0.3) is 0 Å². The summed E-state index contributed by atoms with van der Waals surface area (Å²) < 4.78 is 5.00. The van der Waals surface area contributed by atoms with E-state index in [4.69, 9.17) is 4.74 Å². The van der Waals surface area contributed by atoms with Crippen molar-refractivity contribution in [1.82, 2.24) is 5.32 Å². The van der Waals surface area contributed by atoms with E-state index in [1.807, 2.05) is 14.1 Å². The molecule has 0 unspecified atom stereocenters. The highest BCUT2D eigenvalue weighted by atomic mass is 16.5. The number of carbonyl (C=O) groups is 1. The molecule has 4 heteroatoms. The summed E-state index contributed by atoms with van der Waals surface area (Å²) in [6, 6.07) is 8.47. The Bertz CT molecular complexity index is 374. The van der Waals surface area contributed by atoms with Gasteiger partial charge in [-0.2, -0.15) is 0 Å². The van der Waals surface area contributed by atoms with Crippen molar-refractivity contribution in [2.24, 2.45) is 0 Å². The average Bonchev–Trinajstić information content (AvgIpc) is 2.42. The maximum atomic E-state index is 10.9. The van der Waals surface area contributed by atoms with Gasteiger partial charge in [-0.1, -0.05) is 19.1 Å². The molecule has 0 bridgehead atoms. The fraction of sp³-hybridized carbons (Fsp3) is 0.533. The first-order valence-corrected chi connectivity index (χ1v) is 6.76. The molecule has 19 heavy (non-hydrogen) atoms. The number of esters is 1. The van der Waals surface area contributed by atoms with E-state index in [0.29, 0.717) is 13.0 Å². The molecule has 106 valence electrons. The molecule has 0 fully saturated rings. The number of carbonyl (C=O) groups excluding carboxylic acids is 1. The Morgan fingerprint density at radius 1 is 1.26 bits per heavy atom. The molecular formula is C15H24N2O2. The summed E-state index contributed by atoms with van der Waals surface area (Å²) in [6.07, 6.45) is 1.30. The molecule has 0 amide bonds. The van der Waals surface area contributed by atoms with Gasteiger partial charge < -0.3 is 15.0 Å². The summed E-state index contributed by atoms with van der Waals surface area (Å²) in [5, 5.41) is 3.34. The molecule has 0 saturated carbocycles. The molecule has 0 aromatic heterocycles. The van der Waals surface area contributed by atoms with Crippen molar-refractivity contribution in [3.05, 3.63) is 29.8 Å². The van der Waals surface area contributed by atoms with Crippen LogP contribution in [0.15, 0.2) is 24.3 Å². The number of nitrogens with zero attached hydrogens (tertiary/aromatic N) is 1. The van der Waals surface area contributed by atoms with Gasteiger partial charge in [-0.3, -0.25) is 4.79 Å². The summed E-state index contributed by atoms with van der Waals surface area (Å²) in [5.41, 5.74) is 2.46. The standard InChI is InChI=1S/C15H24N2O2/c1-4-15(18)19-11-5-10-16-12-13-6-8-14(9-7-13)17(2)3/h6-9,16H,4-5,10-12H2,1-3H3. The second kappa shape index (κ2) is 8.53. The molecule has 1 rings (SSSR count). The average molecular weight is 264 g/mol. The zero-order valence-corrected chi connectivity index (χ0v) is 12.1. The molecule has 0 spiro atoms. The van der Waals surface area contributed by atoms with Crippen molar-refractivity contribution in [2.75, 3.05) is 32.1 Å². The first-order chi connectivity index (χ1) is 9.13. The maximum absolute atomic E-state index is 10.9. The molecular weight excluding hydrogens is 240 g/mol. The molecule has 0 aliphatic carbocycles. The van der Waals surface area contributed by atoms with E-state index in [1.54, 1.807) is 6.92 Å². The second-order valence-electron chi connectivity index (χ2n) is 4.67. The van der Waals surface area contributed by atoms with Crippen molar-refractivity contribution < 1.29 is 9.53 Å². The number of ether oxygens (including phenoxy) is 1. The van der Waals surface area contributed by atoms with Crippen LogP contribution < -0.4 is 10.2 Å². The minimum absolute atomic E-state index is 0.126. The molecule has 1 aromatic carbocycles. The summed E-state index contributed by atoms with van der Waals surface area (Å²) in [5.74, 6) is -0.126. The van der Waals surface area contributed by atoms with E-state index in [1.165, 1.54) is 11.3 Å². The van der Waals surface area contributed by atoms with Gasteiger partial charge in [-0.15, -0.1) is 0 Å². The predicted molar refractivity (Wildman–Crippen MR) is 78.3 cm³/mol. The number of benzene rings is 1. The van der Waals surface area contributed by atoms with Crippen molar-refractivity contribution in [3.63, 3.8) is 0 Å². The maximum Gasteiger partial charge on any atom is 0.305 e. The van der Waals surface area contributed by atoms with Gasteiger partial charge in [0.15, 0.2) is 0 Å². The van der Waals surface area contributed by atoms with Gasteiger partial charge in [-0.05, 0) is 30.7 Å². The number of hydrogen-bond donors (Lipinski definition) is 1. The fourth-order valence-corrected chi connectivity index (χ4v) is 1.63. The number of rotatable bonds is 8. The summed E-state index contributed by atoms with van der Waals surface area (Å²) >= 11 is 0. The van der Waals surface area contributed by atoms with Gasteiger partial charge >= 0.3 is 5.97 Å². The highest BCUT2D eigenvalue weighted by molar-refractivity contribution is 5.68. The topological polar surface area (TPSA) is 41.6 Å². The Labute approximate surface area is 115 Å². The smallest absolute Gasteiger partial charge is 0.305 e. The van der Waals surface area contributed by atoms with E-state index < -0.39 is 0 Å². The lowest BCUT2D eigenvalue weighted by Crippen LogP contribution is -2.17. The van der Waals surface area contributed by atoms with Crippen LogP contribution in [0.1, 0.15) is 25.3 Å². The first-order valence-electron chi connectivity index (χ1n) is 6.76. The van der Waals surface area contributed by atoms with Crippen molar-refractivity contribution >= 4 is 11.7 Å². The van der Waals surface area contributed by atoms with Crippen LogP contribution in [0.3, 0.4) is 0 Å². The van der Waals surface area contributed by atoms with Gasteiger partial charge in [0, 0.05) is 32.7 Å². The van der Waals surface area contributed by atoms with E-state index >= 15 is 0 Å². The number of nitrogens with one attached hydrogen (secondary N) is 1. The molecule has 0 aliphatic heterocycles. The van der Waals surface area contributed by atoms with Crippen LogP contribution in [0.5, 0.6) is 0 Å². The largest absolute Gasteiger partial charge is 0.466 e. The number of anilines is 1. The molecule has 0 saturated heterocycles. The van der Waals surface area contributed by atoms with Crippen molar-refractivity contribution in [2.45, 2.75) is 26.3 Å². The Kier molecular flexibility index (Phi) is 6.97. The van der Waals surface area contributed by atoms with Crippen molar-refractivity contribution in [1.29, 1.82) is 0 Å². The monoisotopic (exact) mass is 264 g/mol. The summed E-state index contributed by atoms with van der Waals surface area (Å²) in [7, 11) is 4.07. The lowest BCUT2D eigenvalue weighted by Gasteiger charge is -2.12. The quantitative estimate of drug-likeness (QED) is 0.577. The third kappa shape index (κ3) is 6.25. The molecule has 0 aliphatic rings. The van der Waals surface area contributed by atoms with Gasteiger partial charge in [0.2, 0.25) is 0 Å². The van der Waals surface area contributed by atoms with Gasteiger partial charge in [0.05, 0.1) is 6.61 Å². The second-order valence-corrected chi connectivity index (χ2v) is 4.67. The SMILES string of the molecule is CCC(=O)OCCCNCc1ccc(N(C)C)cc1. The van der Waals surface area contributed by atoms with E-state index in [-0.39, 0.29) is 5.97 Å². The van der Waals surface area contributed by atoms with Crippen LogP contribution in [-0.2, 0) is 16.1 Å². The molecule has 1 aromatic rings. The minimum Gasteiger partial charge on any atom is -0.466 e. The molecule has 0 heterocycles. The molecule has 0 atom stereocenters. The zero-order chi connectivity index (χ0) is 14.1. The highest BCUT2D eigenvalue weighted by Gasteiger charge is 1.98. The van der Waals surface area contributed by atoms with Gasteiger partial charge in [0.1, 0.15) is 0 Å². The number of hydrogen-bond acceptors (Lipinski definition) is 4. The predicted octanol–water partition coefficient (Wildman–Crippen LogP) is 2.19.